The van der Waals surface area contributed by atoms with Crippen LogP contribution in [-0.2, 0) is 21.1 Å². The van der Waals surface area contributed by atoms with E-state index in [1.807, 2.05) is 0 Å². The topological polar surface area (TPSA) is 9.72 Å². The first-order valence-electron chi connectivity index (χ1n) is 7.10. The van der Waals surface area contributed by atoms with Crippen LogP contribution >= 0.6 is 0 Å². The zero-order chi connectivity index (χ0) is 14.8. The molecule has 0 aliphatic heterocycles. The van der Waals surface area contributed by atoms with E-state index in [9.17, 15) is 0 Å². The molecular weight excluding hydrogens is 313 g/mol. The normalized spacial score (nSPS) is 18.5. The van der Waals surface area contributed by atoms with Crippen LogP contribution in [0.5, 0.6) is 0 Å². The minimum absolute atomic E-state index is 0.222. The van der Waals surface area contributed by atoms with Gasteiger partial charge >= 0.3 is 126 Å². The molecule has 0 bridgehead atoms. The molecule has 1 rings (SSSR count). The summed E-state index contributed by atoms with van der Waals surface area (Å²) in [6, 6.07) is 0. The number of nitrogens with zero attached hydrogens (tertiary/aromatic N) is 3. The third-order valence-corrected chi connectivity index (χ3v) is 17.7. The van der Waals surface area contributed by atoms with Crippen LogP contribution in [0.15, 0.2) is 24.3 Å². The monoisotopic (exact) mass is 343 g/mol. The van der Waals surface area contributed by atoms with Crippen molar-refractivity contribution in [1.29, 1.82) is 0 Å². The molecule has 0 spiro atoms. The number of hydrogen-bond donors (Lipinski definition) is 0. The van der Waals surface area contributed by atoms with Crippen LogP contribution in [0.4, 0.5) is 0 Å². The second-order valence-electron chi connectivity index (χ2n) is 6.68. The second-order valence-corrected chi connectivity index (χ2v) is 18.7. The summed E-state index contributed by atoms with van der Waals surface area (Å²) in [6.07, 6.45) is 10.6. The maximum absolute atomic E-state index is 2.91. The molecule has 0 radical (unpaired) electrons. The molecule has 1 aliphatic rings. The molecule has 3 nitrogen and oxygen atoms in total. The average Bonchev–Trinajstić information content (AvgIpc) is 2.64. The van der Waals surface area contributed by atoms with Crippen LogP contribution in [0.3, 0.4) is 0 Å². The van der Waals surface area contributed by atoms with Crippen LogP contribution in [0, 0.1) is 5.92 Å². The van der Waals surface area contributed by atoms with E-state index in [0.717, 1.165) is 0 Å². The number of rotatable bonds is 6. The molecule has 0 aromatic rings. The van der Waals surface area contributed by atoms with E-state index in [4.69, 9.17) is 0 Å². The summed E-state index contributed by atoms with van der Waals surface area (Å²) in [5, 5.41) is 0. The van der Waals surface area contributed by atoms with E-state index in [1.165, 1.54) is 6.42 Å². The summed E-state index contributed by atoms with van der Waals surface area (Å²) < 4.78 is 7.84. The molecule has 0 N–H and O–H groups in total. The fraction of sp³-hybridized carbons (Fsp3) is 0.733. The SMILES string of the molecule is CC(C)C[C]1([Zr]([N](C)C)([N](C)C)[N](C)C)C=CC=C1. The van der Waals surface area contributed by atoms with Crippen molar-refractivity contribution < 1.29 is 21.1 Å². The Balaban J connectivity index is 3.43. The van der Waals surface area contributed by atoms with Crippen molar-refractivity contribution >= 4 is 0 Å². The molecule has 0 heterocycles. The van der Waals surface area contributed by atoms with Crippen LogP contribution in [0.2, 0.25) is 3.12 Å². The van der Waals surface area contributed by atoms with E-state index in [-0.39, 0.29) is 3.12 Å². The van der Waals surface area contributed by atoms with Crippen molar-refractivity contribution in [1.82, 2.24) is 8.53 Å². The fourth-order valence-electron chi connectivity index (χ4n) is 4.13. The Morgan fingerprint density at radius 1 is 0.842 bits per heavy atom. The molecule has 0 saturated carbocycles. The molecule has 0 fully saturated rings. The van der Waals surface area contributed by atoms with Crippen molar-refractivity contribution in [2.24, 2.45) is 5.92 Å². The Kier molecular flexibility index (Phi) is 5.77. The van der Waals surface area contributed by atoms with Gasteiger partial charge in [0.15, 0.2) is 0 Å². The molecule has 0 aromatic heterocycles. The van der Waals surface area contributed by atoms with Gasteiger partial charge in [0.25, 0.3) is 0 Å². The molecule has 0 unspecified atom stereocenters. The Morgan fingerprint density at radius 2 is 1.21 bits per heavy atom. The summed E-state index contributed by atoms with van der Waals surface area (Å²) in [5.74, 6) is 0.698. The van der Waals surface area contributed by atoms with Gasteiger partial charge in [-0.15, -0.1) is 0 Å². The summed E-state index contributed by atoms with van der Waals surface area (Å²) in [7, 11) is 13.6. The second kappa shape index (κ2) is 6.34. The first kappa shape index (κ1) is 17.3. The zero-order valence-corrected chi connectivity index (χ0v) is 16.4. The van der Waals surface area contributed by atoms with E-state index < -0.39 is 21.1 Å². The molecule has 0 aromatic carbocycles. The number of allylic oxidation sites excluding steroid dienone is 4. The van der Waals surface area contributed by atoms with Crippen LogP contribution in [0.1, 0.15) is 20.3 Å². The summed E-state index contributed by atoms with van der Waals surface area (Å²) in [6.45, 7) is 4.67. The van der Waals surface area contributed by atoms with E-state index in [2.05, 4.69) is 89.0 Å². The Hall–Kier alpha value is 0.243. The molecular formula is C15H31N3Zr. The summed E-state index contributed by atoms with van der Waals surface area (Å²) in [5.41, 5.74) is 0. The van der Waals surface area contributed by atoms with Gasteiger partial charge in [-0.05, 0) is 0 Å². The number of hydrogen-bond acceptors (Lipinski definition) is 3. The van der Waals surface area contributed by atoms with E-state index in [0.29, 0.717) is 5.92 Å². The molecule has 0 amide bonds. The quantitative estimate of drug-likeness (QED) is 0.733. The molecule has 4 heteroatoms. The van der Waals surface area contributed by atoms with Crippen molar-refractivity contribution in [2.75, 3.05) is 42.3 Å². The molecule has 0 saturated heterocycles. The van der Waals surface area contributed by atoms with Gasteiger partial charge in [-0.3, -0.25) is 0 Å². The Labute approximate surface area is 125 Å². The van der Waals surface area contributed by atoms with Crippen LogP contribution < -0.4 is 0 Å². The van der Waals surface area contributed by atoms with Gasteiger partial charge in [0.05, 0.1) is 0 Å². The predicted molar refractivity (Wildman–Crippen MR) is 81.5 cm³/mol. The van der Waals surface area contributed by atoms with Crippen molar-refractivity contribution in [3.63, 3.8) is 0 Å². The Morgan fingerprint density at radius 3 is 1.47 bits per heavy atom. The van der Waals surface area contributed by atoms with E-state index in [1.54, 1.807) is 0 Å². The average molecular weight is 345 g/mol. The van der Waals surface area contributed by atoms with Gasteiger partial charge in [0, 0.05) is 0 Å². The van der Waals surface area contributed by atoms with Crippen molar-refractivity contribution in [2.45, 2.75) is 23.4 Å². The van der Waals surface area contributed by atoms with Gasteiger partial charge in [-0.1, -0.05) is 0 Å². The van der Waals surface area contributed by atoms with Crippen LogP contribution in [0.25, 0.3) is 0 Å². The Bertz CT molecular complexity index is 323. The van der Waals surface area contributed by atoms with Crippen LogP contribution in [-0.4, -0.2) is 50.8 Å². The third kappa shape index (κ3) is 2.83. The minimum atomic E-state index is -2.91. The molecule has 1 aliphatic carbocycles. The van der Waals surface area contributed by atoms with Gasteiger partial charge in [-0.25, -0.2) is 0 Å². The van der Waals surface area contributed by atoms with Crippen molar-refractivity contribution in [3.8, 4) is 0 Å². The summed E-state index contributed by atoms with van der Waals surface area (Å²) in [4.78, 5) is 0. The maximum atomic E-state index is 2.54. The predicted octanol–water partition coefficient (Wildman–Crippen LogP) is 2.90. The standard InChI is InChI=1S/C9H13.3C2H6N.Zr/c1-8(2)7-9-5-3-4-6-9;3*1-3-2;/h3-6,8H,7H2,1-2H3;3*1-2H3;/q;3*-1;+3. The first-order valence-corrected chi connectivity index (χ1v) is 11.6. The van der Waals surface area contributed by atoms with Gasteiger partial charge in [0.2, 0.25) is 0 Å². The van der Waals surface area contributed by atoms with E-state index >= 15 is 0 Å². The van der Waals surface area contributed by atoms with Crippen molar-refractivity contribution in [3.05, 3.63) is 24.3 Å². The molecule has 0 atom stereocenters. The zero-order valence-electron chi connectivity index (χ0n) is 13.9. The van der Waals surface area contributed by atoms with Gasteiger partial charge in [0.1, 0.15) is 0 Å². The van der Waals surface area contributed by atoms with Gasteiger partial charge in [-0.2, -0.15) is 0 Å². The molecule has 110 valence electrons. The molecule has 19 heavy (non-hydrogen) atoms. The third-order valence-electron chi connectivity index (χ3n) is 4.14. The van der Waals surface area contributed by atoms with Gasteiger partial charge < -0.3 is 0 Å². The summed E-state index contributed by atoms with van der Waals surface area (Å²) >= 11 is -2.91. The first-order chi connectivity index (χ1) is 8.70. The fourth-order valence-corrected chi connectivity index (χ4v) is 19.4.